The van der Waals surface area contributed by atoms with E-state index in [4.69, 9.17) is 4.74 Å². The van der Waals surface area contributed by atoms with Gasteiger partial charge in [0.15, 0.2) is 0 Å². The third-order valence-electron chi connectivity index (χ3n) is 4.59. The third kappa shape index (κ3) is 2.23. The zero-order valence-corrected chi connectivity index (χ0v) is 13.1. The molecule has 0 aliphatic heterocycles. The number of benzene rings is 1. The molecule has 0 bridgehead atoms. The molecule has 1 aliphatic carbocycles. The molecule has 0 atom stereocenters. The van der Waals surface area contributed by atoms with Crippen molar-refractivity contribution in [1.29, 1.82) is 0 Å². The van der Waals surface area contributed by atoms with Crippen molar-refractivity contribution in [2.45, 2.75) is 32.1 Å². The number of aryl methyl sites for hydroxylation is 2. The number of rotatable bonds is 2. The topological polar surface area (TPSA) is 59.9 Å². The molecule has 23 heavy (non-hydrogen) atoms. The summed E-state index contributed by atoms with van der Waals surface area (Å²) in [6.45, 7) is 0. The molecule has 0 saturated carbocycles. The summed E-state index contributed by atoms with van der Waals surface area (Å²) in [5.41, 5.74) is 3.89. The van der Waals surface area contributed by atoms with Crippen molar-refractivity contribution in [3.05, 3.63) is 52.1 Å². The van der Waals surface area contributed by atoms with Gasteiger partial charge in [-0.05, 0) is 43.4 Å². The molecule has 2 heterocycles. The van der Waals surface area contributed by atoms with Crippen LogP contribution in [0.4, 0.5) is 0 Å². The summed E-state index contributed by atoms with van der Waals surface area (Å²) in [5.74, 6) is 0.667. The lowest BCUT2D eigenvalue weighted by molar-refractivity contribution is 0.411. The lowest BCUT2D eigenvalue weighted by Gasteiger charge is -2.08. The Kier molecular flexibility index (Phi) is 3.41. The van der Waals surface area contributed by atoms with Crippen LogP contribution in [0, 0.1) is 0 Å². The van der Waals surface area contributed by atoms with Crippen LogP contribution < -0.4 is 10.3 Å². The average Bonchev–Trinajstić information content (AvgIpc) is 2.77. The summed E-state index contributed by atoms with van der Waals surface area (Å²) in [5, 5.41) is 3.94. The highest BCUT2D eigenvalue weighted by Gasteiger charge is 2.18. The molecule has 1 aliphatic rings. The van der Waals surface area contributed by atoms with Crippen LogP contribution in [-0.4, -0.2) is 21.9 Å². The largest absolute Gasteiger partial charge is 0.494 e. The van der Waals surface area contributed by atoms with Crippen molar-refractivity contribution in [3.8, 4) is 11.4 Å². The summed E-state index contributed by atoms with van der Waals surface area (Å²) in [6, 6.07) is 7.52. The molecule has 5 nitrogen and oxygen atoms in total. The second-order valence-electron chi connectivity index (χ2n) is 5.96. The van der Waals surface area contributed by atoms with Gasteiger partial charge >= 0.3 is 0 Å². The molecule has 3 aromatic rings. The van der Waals surface area contributed by atoms with E-state index in [-0.39, 0.29) is 5.56 Å². The van der Waals surface area contributed by atoms with Gasteiger partial charge in [-0.15, -0.1) is 0 Å². The number of hydrogen-bond acceptors (Lipinski definition) is 3. The molecule has 0 radical (unpaired) electrons. The Hall–Kier alpha value is -2.56. The fourth-order valence-electron chi connectivity index (χ4n) is 3.40. The predicted molar refractivity (Wildman–Crippen MR) is 89.5 cm³/mol. The maximum absolute atomic E-state index is 12.8. The highest BCUT2D eigenvalue weighted by molar-refractivity contribution is 5.82. The summed E-state index contributed by atoms with van der Waals surface area (Å²) in [4.78, 5) is 17.4. The highest BCUT2D eigenvalue weighted by Crippen LogP contribution is 2.26. The van der Waals surface area contributed by atoms with E-state index >= 15 is 0 Å². The maximum Gasteiger partial charge on any atom is 0.280 e. The summed E-state index contributed by atoms with van der Waals surface area (Å²) >= 11 is 0. The minimum absolute atomic E-state index is 0.0796. The summed E-state index contributed by atoms with van der Waals surface area (Å²) in [6.07, 6.45) is 7.22. The number of H-pyrrole nitrogens is 1. The molecular weight excluding hydrogens is 290 g/mol. The Bertz CT molecular complexity index is 924. The Morgan fingerprint density at radius 3 is 2.87 bits per heavy atom. The molecule has 4 rings (SSSR count). The molecule has 1 aromatic carbocycles. The Balaban J connectivity index is 1.98. The molecular formula is C18H19N3O2. The van der Waals surface area contributed by atoms with Gasteiger partial charge < -0.3 is 4.74 Å². The molecule has 0 saturated heterocycles. The van der Waals surface area contributed by atoms with Crippen LogP contribution in [0.5, 0.6) is 5.75 Å². The standard InChI is InChI=1S/C18H19N3O2/c1-23-16-10-6-5-9-15(16)21-18(22)13-11-19-14-8-4-2-3-7-12(14)17(13)20-21/h5-6,9-11,20H,2-4,7-8H2,1H3. The number of ether oxygens (including phenoxy) is 1. The Labute approximate surface area is 133 Å². The zero-order valence-electron chi connectivity index (χ0n) is 13.1. The second-order valence-corrected chi connectivity index (χ2v) is 5.96. The summed E-state index contributed by atoms with van der Waals surface area (Å²) in [7, 11) is 1.61. The summed E-state index contributed by atoms with van der Waals surface area (Å²) < 4.78 is 6.95. The fraction of sp³-hybridized carbons (Fsp3) is 0.333. The number of para-hydroxylation sites is 2. The van der Waals surface area contributed by atoms with Gasteiger partial charge in [0.1, 0.15) is 11.4 Å². The minimum atomic E-state index is -0.0796. The number of aromatic amines is 1. The van der Waals surface area contributed by atoms with Crippen molar-refractivity contribution in [1.82, 2.24) is 14.8 Å². The number of fused-ring (bicyclic) bond motifs is 3. The van der Waals surface area contributed by atoms with Gasteiger partial charge in [0, 0.05) is 11.9 Å². The highest BCUT2D eigenvalue weighted by atomic mass is 16.5. The third-order valence-corrected chi connectivity index (χ3v) is 4.59. The van der Waals surface area contributed by atoms with Crippen LogP contribution in [0.25, 0.3) is 16.6 Å². The zero-order chi connectivity index (χ0) is 15.8. The number of aromatic nitrogens is 3. The lowest BCUT2D eigenvalue weighted by atomic mass is 10.1. The van der Waals surface area contributed by atoms with Crippen LogP contribution in [0.15, 0.2) is 35.3 Å². The molecule has 118 valence electrons. The fourth-order valence-corrected chi connectivity index (χ4v) is 3.40. The number of methoxy groups -OCH3 is 1. The molecule has 1 N–H and O–H groups in total. The molecule has 0 amide bonds. The van der Waals surface area contributed by atoms with Gasteiger partial charge in [0.2, 0.25) is 0 Å². The van der Waals surface area contributed by atoms with Gasteiger partial charge in [-0.2, -0.15) is 0 Å². The van der Waals surface area contributed by atoms with E-state index in [9.17, 15) is 4.79 Å². The molecule has 5 heteroatoms. The van der Waals surface area contributed by atoms with Gasteiger partial charge in [-0.3, -0.25) is 14.9 Å². The first-order valence-electron chi connectivity index (χ1n) is 8.04. The average molecular weight is 309 g/mol. The SMILES string of the molecule is COc1ccccc1-n1[nH]c2c3c(ncc2c1=O)CCCCC3. The lowest BCUT2D eigenvalue weighted by Crippen LogP contribution is -2.15. The van der Waals surface area contributed by atoms with E-state index in [0.717, 1.165) is 36.2 Å². The first kappa shape index (κ1) is 14.1. The van der Waals surface area contributed by atoms with Gasteiger partial charge in [-0.1, -0.05) is 18.6 Å². The van der Waals surface area contributed by atoms with Gasteiger partial charge in [0.05, 0.1) is 18.0 Å². The van der Waals surface area contributed by atoms with E-state index in [1.165, 1.54) is 18.4 Å². The van der Waals surface area contributed by atoms with E-state index in [2.05, 4.69) is 10.1 Å². The molecule has 0 unspecified atom stereocenters. The Morgan fingerprint density at radius 2 is 2.00 bits per heavy atom. The smallest absolute Gasteiger partial charge is 0.280 e. The van der Waals surface area contributed by atoms with Crippen molar-refractivity contribution >= 4 is 10.9 Å². The van der Waals surface area contributed by atoms with Crippen LogP contribution in [0.2, 0.25) is 0 Å². The van der Waals surface area contributed by atoms with E-state index in [1.54, 1.807) is 18.0 Å². The first-order valence-corrected chi connectivity index (χ1v) is 8.04. The van der Waals surface area contributed by atoms with Crippen molar-refractivity contribution in [2.75, 3.05) is 7.11 Å². The van der Waals surface area contributed by atoms with Crippen LogP contribution in [-0.2, 0) is 12.8 Å². The van der Waals surface area contributed by atoms with Crippen LogP contribution in [0.3, 0.4) is 0 Å². The number of nitrogens with zero attached hydrogens (tertiary/aromatic N) is 2. The van der Waals surface area contributed by atoms with Crippen molar-refractivity contribution < 1.29 is 4.74 Å². The van der Waals surface area contributed by atoms with E-state index in [1.807, 2.05) is 24.3 Å². The van der Waals surface area contributed by atoms with Crippen LogP contribution in [0.1, 0.15) is 30.5 Å². The van der Waals surface area contributed by atoms with Gasteiger partial charge in [0.25, 0.3) is 5.56 Å². The molecule has 0 spiro atoms. The Morgan fingerprint density at radius 1 is 1.17 bits per heavy atom. The van der Waals surface area contributed by atoms with Crippen LogP contribution >= 0.6 is 0 Å². The van der Waals surface area contributed by atoms with Crippen molar-refractivity contribution in [2.24, 2.45) is 0 Å². The van der Waals surface area contributed by atoms with E-state index < -0.39 is 0 Å². The quantitative estimate of drug-likeness (QED) is 0.740. The number of hydrogen-bond donors (Lipinski definition) is 1. The number of nitrogens with one attached hydrogen (secondary N) is 1. The maximum atomic E-state index is 12.8. The normalized spacial score (nSPS) is 14.5. The monoisotopic (exact) mass is 309 g/mol. The second kappa shape index (κ2) is 5.57. The van der Waals surface area contributed by atoms with Gasteiger partial charge in [-0.25, -0.2) is 4.68 Å². The molecule has 0 fully saturated rings. The molecule has 2 aromatic heterocycles. The minimum Gasteiger partial charge on any atom is -0.494 e. The van der Waals surface area contributed by atoms with E-state index in [0.29, 0.717) is 11.1 Å². The first-order chi connectivity index (χ1) is 11.3. The predicted octanol–water partition coefficient (Wildman–Crippen LogP) is 2.99. The van der Waals surface area contributed by atoms with Crippen molar-refractivity contribution in [3.63, 3.8) is 0 Å². The number of pyridine rings is 1.